The van der Waals surface area contributed by atoms with Gasteiger partial charge < -0.3 is 9.15 Å². The summed E-state index contributed by atoms with van der Waals surface area (Å²) in [5.74, 6) is 2.03. The number of carbonyl (C=O) groups excluding carboxylic acids is 2. The Labute approximate surface area is 225 Å². The van der Waals surface area contributed by atoms with E-state index in [0.29, 0.717) is 36.9 Å². The number of Topliss-reactive ketones (excluding diaryl/α,β-unsaturated/α-hetero) is 1. The van der Waals surface area contributed by atoms with Crippen LogP contribution in [-0.4, -0.2) is 22.6 Å². The highest BCUT2D eigenvalue weighted by Gasteiger charge is 2.41. The van der Waals surface area contributed by atoms with Crippen molar-refractivity contribution in [1.29, 1.82) is 0 Å². The van der Waals surface area contributed by atoms with Gasteiger partial charge in [0, 0.05) is 19.3 Å². The van der Waals surface area contributed by atoms with Gasteiger partial charge in [0.1, 0.15) is 17.6 Å². The first-order valence-corrected chi connectivity index (χ1v) is 14.4. The van der Waals surface area contributed by atoms with E-state index in [-0.39, 0.29) is 16.8 Å². The summed E-state index contributed by atoms with van der Waals surface area (Å²) in [5.41, 5.74) is 2.83. The number of fused-ring (bicyclic) bond motifs is 1. The second-order valence-electron chi connectivity index (χ2n) is 9.96. The molecule has 4 nitrogen and oxygen atoms in total. The Morgan fingerprint density at radius 3 is 2.47 bits per heavy atom. The normalized spacial score (nSPS) is 27.1. The third-order valence-corrected chi connectivity index (χ3v) is 8.26. The highest BCUT2D eigenvalue weighted by molar-refractivity contribution is 7.81. The fourth-order valence-corrected chi connectivity index (χ4v) is 5.49. The van der Waals surface area contributed by atoms with Gasteiger partial charge in [-0.2, -0.15) is 12.6 Å². The number of ketones is 1. The van der Waals surface area contributed by atoms with Crippen LogP contribution in [0, 0.1) is 18.8 Å². The number of aryl methyl sites for hydroxylation is 1. The number of furan rings is 1. The Morgan fingerprint density at radius 1 is 1.19 bits per heavy atom. The highest BCUT2D eigenvalue weighted by Crippen LogP contribution is 2.41. The van der Waals surface area contributed by atoms with E-state index in [1.54, 1.807) is 6.26 Å². The van der Waals surface area contributed by atoms with E-state index in [1.165, 1.54) is 11.1 Å². The third-order valence-electron chi connectivity index (χ3n) is 7.34. The summed E-state index contributed by atoms with van der Waals surface area (Å²) < 4.78 is 10.3. The van der Waals surface area contributed by atoms with Gasteiger partial charge in [-0.05, 0) is 82.8 Å². The van der Waals surface area contributed by atoms with Crippen LogP contribution in [0.25, 0.3) is 0 Å². The largest absolute Gasteiger partial charge is 0.470 e. The van der Waals surface area contributed by atoms with Gasteiger partial charge in [0.2, 0.25) is 0 Å². The molecule has 4 atom stereocenters. The number of esters is 1. The van der Waals surface area contributed by atoms with Crippen molar-refractivity contribution in [3.63, 3.8) is 0 Å². The van der Waals surface area contributed by atoms with Crippen molar-refractivity contribution in [2.24, 2.45) is 11.8 Å². The van der Waals surface area contributed by atoms with E-state index in [0.717, 1.165) is 50.7 Å². The van der Waals surface area contributed by atoms with Gasteiger partial charge in [-0.25, -0.2) is 0 Å². The molecule has 36 heavy (non-hydrogen) atoms. The summed E-state index contributed by atoms with van der Waals surface area (Å²) in [4.78, 5) is 23.9. The van der Waals surface area contributed by atoms with Crippen molar-refractivity contribution in [3.8, 4) is 0 Å². The summed E-state index contributed by atoms with van der Waals surface area (Å²) >= 11 is 5.16. The Balaban J connectivity index is 0.000000694. The number of hydrogen-bond acceptors (Lipinski definition) is 5. The molecule has 3 rings (SSSR count). The second kappa shape index (κ2) is 16.9. The van der Waals surface area contributed by atoms with Crippen LogP contribution in [0.15, 0.2) is 46.1 Å². The van der Waals surface area contributed by atoms with Crippen molar-refractivity contribution in [2.45, 2.75) is 124 Å². The molecule has 5 heteroatoms. The lowest BCUT2D eigenvalue weighted by Crippen LogP contribution is -2.45. The van der Waals surface area contributed by atoms with Gasteiger partial charge in [-0.1, -0.05) is 57.9 Å². The van der Waals surface area contributed by atoms with Gasteiger partial charge in [-0.3, -0.25) is 9.59 Å². The minimum absolute atomic E-state index is 0.139. The lowest BCUT2D eigenvalue weighted by Gasteiger charge is -2.40. The molecule has 0 spiro atoms. The molecule has 2 aliphatic rings. The molecule has 4 unspecified atom stereocenters. The van der Waals surface area contributed by atoms with Crippen LogP contribution in [0.2, 0.25) is 0 Å². The minimum Gasteiger partial charge on any atom is -0.470 e. The smallest absolute Gasteiger partial charge is 0.305 e. The molecule has 0 saturated heterocycles. The first kappa shape index (κ1) is 32.3. The maximum Gasteiger partial charge on any atom is 0.305 e. The number of hydrogen-bond donors (Lipinski definition) is 1. The number of thiol groups is 1. The summed E-state index contributed by atoms with van der Waals surface area (Å²) in [6, 6.07) is 3.79. The zero-order valence-electron chi connectivity index (χ0n) is 23.8. The summed E-state index contributed by atoms with van der Waals surface area (Å²) in [6.45, 7) is 14.3. The Kier molecular flexibility index (Phi) is 15.1. The zero-order valence-corrected chi connectivity index (χ0v) is 24.7. The molecule has 0 saturated carbocycles. The average Bonchev–Trinajstić information content (AvgIpc) is 3.29. The van der Waals surface area contributed by atoms with E-state index in [9.17, 15) is 9.59 Å². The second-order valence-corrected chi connectivity index (χ2v) is 10.8. The van der Waals surface area contributed by atoms with Crippen LogP contribution in [0.5, 0.6) is 0 Å². The van der Waals surface area contributed by atoms with E-state index >= 15 is 0 Å². The van der Waals surface area contributed by atoms with Crippen molar-refractivity contribution in [1.82, 2.24) is 0 Å². The van der Waals surface area contributed by atoms with Crippen LogP contribution >= 0.6 is 12.6 Å². The van der Waals surface area contributed by atoms with Gasteiger partial charge in [0.05, 0.1) is 11.0 Å². The summed E-state index contributed by atoms with van der Waals surface area (Å²) in [5, 5.41) is 0. The first-order valence-electron chi connectivity index (χ1n) is 14.0. The number of allylic oxidation sites excluding steroid dienone is 4. The van der Waals surface area contributed by atoms with Crippen molar-refractivity contribution >= 4 is 24.4 Å². The van der Waals surface area contributed by atoms with Crippen LogP contribution in [0.1, 0.15) is 112 Å². The minimum atomic E-state index is -0.350. The van der Waals surface area contributed by atoms with Crippen molar-refractivity contribution < 1.29 is 18.7 Å². The van der Waals surface area contributed by atoms with Gasteiger partial charge in [-0.15, -0.1) is 0 Å². The molecule has 0 N–H and O–H groups in total. The summed E-state index contributed by atoms with van der Waals surface area (Å²) in [6.07, 6.45) is 14.5. The SMILES string of the molecule is CC.CCC(=O)OC(CC)C1(S)C/C=C(\C)CC2CCC(=O)CC=C2CCCC1C.Cc1ccco1. The molecular formula is C31H50O4S. The molecule has 204 valence electrons. The lowest BCUT2D eigenvalue weighted by atomic mass is 9.80. The Morgan fingerprint density at radius 2 is 1.92 bits per heavy atom. The predicted octanol–water partition coefficient (Wildman–Crippen LogP) is 8.84. The molecule has 0 bridgehead atoms. The predicted molar refractivity (Wildman–Crippen MR) is 153 cm³/mol. The third kappa shape index (κ3) is 10.3. The van der Waals surface area contributed by atoms with E-state index in [2.05, 4.69) is 32.9 Å². The van der Waals surface area contributed by atoms with Crippen molar-refractivity contribution in [3.05, 3.63) is 47.5 Å². The molecule has 0 fully saturated rings. The molecular weight excluding hydrogens is 468 g/mol. The van der Waals surface area contributed by atoms with Gasteiger partial charge >= 0.3 is 5.97 Å². The molecule has 0 aliphatic heterocycles. The fraction of sp³-hybridized carbons (Fsp3) is 0.677. The zero-order chi connectivity index (χ0) is 27.1. The highest BCUT2D eigenvalue weighted by atomic mass is 32.1. The van der Waals surface area contributed by atoms with Gasteiger partial charge in [0.15, 0.2) is 0 Å². The maximum atomic E-state index is 12.0. The van der Waals surface area contributed by atoms with Crippen LogP contribution in [0.3, 0.4) is 0 Å². The van der Waals surface area contributed by atoms with Crippen LogP contribution < -0.4 is 0 Å². The maximum absolute atomic E-state index is 12.0. The van der Waals surface area contributed by atoms with E-state index < -0.39 is 0 Å². The number of rotatable bonds is 4. The molecule has 1 heterocycles. The summed E-state index contributed by atoms with van der Waals surface area (Å²) in [7, 11) is 0. The number of carbonyl (C=O) groups is 2. The lowest BCUT2D eigenvalue weighted by molar-refractivity contribution is -0.151. The standard InChI is InChI=1S/C24H38O3S.C5H6O.C2H6/c1-5-22(27-23(26)6-2)24(28)15-14-17(3)16-20-11-13-21(25)12-10-19(20)9-7-8-18(24)4;1-5-3-2-4-6-5;1-2/h10,14,18,20,22,28H,5-9,11-13,15-16H2,1-4H3;2-4H,1H3;1-2H3/b17-14+;;. The molecule has 0 aromatic carbocycles. The average molecular weight is 519 g/mol. The first-order chi connectivity index (χ1) is 17.2. The van der Waals surface area contributed by atoms with Crippen molar-refractivity contribution in [2.75, 3.05) is 0 Å². The van der Waals surface area contributed by atoms with Gasteiger partial charge in [0.25, 0.3) is 0 Å². The molecule has 1 aromatic heterocycles. The number of ether oxygens (including phenoxy) is 1. The quantitative estimate of drug-likeness (QED) is 0.246. The van der Waals surface area contributed by atoms with Crippen LogP contribution in [0.4, 0.5) is 0 Å². The Bertz CT molecular complexity index is 839. The molecule has 0 radical (unpaired) electrons. The topological polar surface area (TPSA) is 56.5 Å². The molecule has 0 amide bonds. The van der Waals surface area contributed by atoms with E-state index in [1.807, 2.05) is 39.8 Å². The Hall–Kier alpha value is -1.75. The monoisotopic (exact) mass is 518 g/mol. The van der Waals surface area contributed by atoms with E-state index in [4.69, 9.17) is 21.8 Å². The van der Waals surface area contributed by atoms with Crippen LogP contribution in [-0.2, 0) is 14.3 Å². The molecule has 1 aromatic rings. The molecule has 2 aliphatic carbocycles. The fourth-order valence-electron chi connectivity index (χ4n) is 5.04.